The van der Waals surface area contributed by atoms with Gasteiger partial charge in [0.1, 0.15) is 11.5 Å². The van der Waals surface area contributed by atoms with Crippen LogP contribution in [0.2, 0.25) is 0 Å². The largest absolute Gasteiger partial charge is 0.468 e. The van der Waals surface area contributed by atoms with Crippen molar-refractivity contribution in [3.63, 3.8) is 0 Å². The Bertz CT molecular complexity index is 1230. The van der Waals surface area contributed by atoms with Crippen LogP contribution in [0.4, 0.5) is 0 Å². The number of carbonyl (C=O) groups is 3. The second-order valence-electron chi connectivity index (χ2n) is 10.9. The van der Waals surface area contributed by atoms with Crippen LogP contribution in [0.15, 0.2) is 72.4 Å². The molecule has 2 fully saturated rings. The van der Waals surface area contributed by atoms with E-state index < -0.39 is 29.5 Å². The standard InChI is InChI=1S/C32H38N2O6/c1-23-32(31(37)38-2)19-26(17-29(35)33-15-9-10-16-33)30(36)34(20-24-11-5-3-6-12-24)28(32)18-27(40-23)22-39-21-25-13-7-4-8-14-25/h3-8,11-14,18,23,26-27H,9-10,15-17,19-22H2,1-2H3/t23-,26+,27-,32+/m1/s1. The molecule has 8 heteroatoms. The zero-order chi connectivity index (χ0) is 28.1. The molecule has 4 atom stereocenters. The first-order valence-corrected chi connectivity index (χ1v) is 14.1. The fraction of sp³-hybridized carbons (Fsp3) is 0.469. The molecular formula is C32H38N2O6. The number of piperidine rings is 1. The van der Waals surface area contributed by atoms with E-state index in [9.17, 15) is 14.4 Å². The Morgan fingerprint density at radius 3 is 2.30 bits per heavy atom. The molecule has 0 saturated carbocycles. The predicted molar refractivity (Wildman–Crippen MR) is 148 cm³/mol. The van der Waals surface area contributed by atoms with Gasteiger partial charge in [-0.15, -0.1) is 0 Å². The lowest BCUT2D eigenvalue weighted by molar-refractivity contribution is -0.178. The molecule has 0 aliphatic carbocycles. The van der Waals surface area contributed by atoms with Crippen LogP contribution < -0.4 is 0 Å². The molecule has 3 aliphatic rings. The highest BCUT2D eigenvalue weighted by Crippen LogP contribution is 2.50. The van der Waals surface area contributed by atoms with Crippen molar-refractivity contribution in [2.45, 2.75) is 58.0 Å². The summed E-state index contributed by atoms with van der Waals surface area (Å²) in [5.74, 6) is -1.32. The summed E-state index contributed by atoms with van der Waals surface area (Å²) in [6.45, 7) is 4.25. The molecule has 2 amide bonds. The second kappa shape index (κ2) is 12.4. The van der Waals surface area contributed by atoms with Gasteiger partial charge in [0, 0.05) is 31.1 Å². The molecule has 0 bridgehead atoms. The fourth-order valence-corrected chi connectivity index (χ4v) is 6.25. The predicted octanol–water partition coefficient (Wildman–Crippen LogP) is 4.10. The summed E-state index contributed by atoms with van der Waals surface area (Å²) >= 11 is 0. The van der Waals surface area contributed by atoms with Crippen LogP contribution in [0, 0.1) is 11.3 Å². The van der Waals surface area contributed by atoms with Gasteiger partial charge in [-0.25, -0.2) is 0 Å². The van der Waals surface area contributed by atoms with E-state index in [0.717, 1.165) is 24.0 Å². The third-order valence-electron chi connectivity index (χ3n) is 8.35. The molecule has 3 heterocycles. The van der Waals surface area contributed by atoms with Crippen LogP contribution >= 0.6 is 0 Å². The number of amides is 2. The first-order chi connectivity index (χ1) is 19.4. The minimum Gasteiger partial charge on any atom is -0.468 e. The highest BCUT2D eigenvalue weighted by atomic mass is 16.5. The molecule has 0 N–H and O–H groups in total. The lowest BCUT2D eigenvalue weighted by Crippen LogP contribution is -2.60. The van der Waals surface area contributed by atoms with Gasteiger partial charge in [-0.3, -0.25) is 14.4 Å². The third kappa shape index (κ3) is 5.69. The van der Waals surface area contributed by atoms with Crippen molar-refractivity contribution in [3.05, 3.63) is 83.6 Å². The number of carbonyl (C=O) groups excluding carboxylic acids is 3. The van der Waals surface area contributed by atoms with E-state index in [2.05, 4.69) is 0 Å². The number of hydrogen-bond acceptors (Lipinski definition) is 6. The summed E-state index contributed by atoms with van der Waals surface area (Å²) in [7, 11) is 1.36. The van der Waals surface area contributed by atoms with E-state index in [4.69, 9.17) is 14.2 Å². The Morgan fingerprint density at radius 1 is 1.00 bits per heavy atom. The third-order valence-corrected chi connectivity index (χ3v) is 8.35. The summed E-state index contributed by atoms with van der Waals surface area (Å²) < 4.78 is 17.7. The zero-order valence-corrected chi connectivity index (χ0v) is 23.3. The topological polar surface area (TPSA) is 85.4 Å². The van der Waals surface area contributed by atoms with Crippen molar-refractivity contribution in [1.29, 1.82) is 0 Å². The molecule has 3 aliphatic heterocycles. The van der Waals surface area contributed by atoms with Gasteiger partial charge in [-0.1, -0.05) is 60.7 Å². The molecular weight excluding hydrogens is 508 g/mol. The number of rotatable bonds is 9. The number of esters is 1. The molecule has 2 aromatic carbocycles. The maximum atomic E-state index is 14.1. The number of fused-ring (bicyclic) bond motifs is 1. The summed E-state index contributed by atoms with van der Waals surface area (Å²) in [6, 6.07) is 19.6. The Labute approximate surface area is 235 Å². The van der Waals surface area contributed by atoms with E-state index in [0.29, 0.717) is 25.4 Å². The average molecular weight is 547 g/mol. The second-order valence-corrected chi connectivity index (χ2v) is 10.9. The van der Waals surface area contributed by atoms with Gasteiger partial charge in [0.25, 0.3) is 0 Å². The van der Waals surface area contributed by atoms with E-state index in [-0.39, 0.29) is 37.8 Å². The molecule has 2 aromatic rings. The van der Waals surface area contributed by atoms with Crippen LogP contribution in [0.25, 0.3) is 0 Å². The lowest BCUT2D eigenvalue weighted by Gasteiger charge is -2.51. The van der Waals surface area contributed by atoms with E-state index >= 15 is 0 Å². The first-order valence-electron chi connectivity index (χ1n) is 14.1. The van der Waals surface area contributed by atoms with Gasteiger partial charge < -0.3 is 24.0 Å². The highest BCUT2D eigenvalue weighted by Gasteiger charge is 2.59. The van der Waals surface area contributed by atoms with Crippen LogP contribution in [-0.2, 0) is 41.7 Å². The average Bonchev–Trinajstić information content (AvgIpc) is 3.52. The number of benzene rings is 2. The van der Waals surface area contributed by atoms with E-state index in [1.807, 2.05) is 78.6 Å². The number of likely N-dealkylation sites (tertiary alicyclic amines) is 2. The molecule has 2 saturated heterocycles. The number of ether oxygens (including phenoxy) is 3. The minimum atomic E-state index is -1.22. The smallest absolute Gasteiger partial charge is 0.320 e. The Hall–Kier alpha value is -3.49. The zero-order valence-electron chi connectivity index (χ0n) is 23.3. The van der Waals surface area contributed by atoms with E-state index in [1.165, 1.54) is 7.11 Å². The summed E-state index contributed by atoms with van der Waals surface area (Å²) in [5, 5.41) is 0. The van der Waals surface area contributed by atoms with Crippen molar-refractivity contribution < 1.29 is 28.6 Å². The number of nitrogens with zero attached hydrogens (tertiary/aromatic N) is 2. The van der Waals surface area contributed by atoms with Crippen LogP contribution in [0.3, 0.4) is 0 Å². The van der Waals surface area contributed by atoms with Crippen molar-refractivity contribution >= 4 is 17.8 Å². The number of methoxy groups -OCH3 is 1. The molecule has 212 valence electrons. The van der Waals surface area contributed by atoms with Gasteiger partial charge in [0.15, 0.2) is 0 Å². The van der Waals surface area contributed by atoms with Crippen molar-refractivity contribution in [1.82, 2.24) is 9.80 Å². The van der Waals surface area contributed by atoms with Gasteiger partial charge in [0.05, 0.1) is 33.0 Å². The molecule has 0 aromatic heterocycles. The van der Waals surface area contributed by atoms with Crippen molar-refractivity contribution in [2.75, 3.05) is 26.8 Å². The minimum absolute atomic E-state index is 0.0421. The maximum Gasteiger partial charge on any atom is 0.320 e. The molecule has 0 radical (unpaired) electrons. The summed E-state index contributed by atoms with van der Waals surface area (Å²) in [4.78, 5) is 44.4. The van der Waals surface area contributed by atoms with Gasteiger partial charge in [-0.2, -0.15) is 0 Å². The van der Waals surface area contributed by atoms with Crippen LogP contribution in [0.1, 0.15) is 43.7 Å². The Kier molecular flexibility index (Phi) is 8.66. The van der Waals surface area contributed by atoms with Gasteiger partial charge >= 0.3 is 5.97 Å². The summed E-state index contributed by atoms with van der Waals surface area (Å²) in [5.41, 5.74) is 1.33. The molecule has 0 spiro atoms. The van der Waals surface area contributed by atoms with Crippen LogP contribution in [0.5, 0.6) is 0 Å². The Balaban J connectivity index is 1.47. The lowest BCUT2D eigenvalue weighted by atomic mass is 9.66. The Morgan fingerprint density at radius 2 is 1.65 bits per heavy atom. The fourth-order valence-electron chi connectivity index (χ4n) is 6.25. The summed E-state index contributed by atoms with van der Waals surface area (Å²) in [6.07, 6.45) is 2.97. The SMILES string of the molecule is COC(=O)[C@]12C[C@H](CC(=O)N3CCCC3)C(=O)N(Cc3ccccc3)C1=C[C@H](COCc1ccccc1)O[C@@H]2C. The van der Waals surface area contributed by atoms with Gasteiger partial charge in [0.2, 0.25) is 11.8 Å². The normalized spacial score (nSPS) is 26.3. The maximum absolute atomic E-state index is 14.1. The van der Waals surface area contributed by atoms with Crippen molar-refractivity contribution in [3.8, 4) is 0 Å². The molecule has 5 rings (SSSR count). The van der Waals surface area contributed by atoms with Gasteiger partial charge in [-0.05, 0) is 43.4 Å². The van der Waals surface area contributed by atoms with E-state index in [1.54, 1.807) is 4.90 Å². The van der Waals surface area contributed by atoms with Crippen LogP contribution in [-0.4, -0.2) is 66.6 Å². The monoisotopic (exact) mass is 546 g/mol. The molecule has 40 heavy (non-hydrogen) atoms. The first kappa shape index (κ1) is 28.1. The number of hydrogen-bond donors (Lipinski definition) is 0. The quantitative estimate of drug-likeness (QED) is 0.441. The van der Waals surface area contributed by atoms with Crippen molar-refractivity contribution in [2.24, 2.45) is 11.3 Å². The highest BCUT2D eigenvalue weighted by molar-refractivity contribution is 5.92. The molecule has 0 unspecified atom stereocenters. The molecule has 8 nitrogen and oxygen atoms in total.